The monoisotopic (exact) mass is 296 g/mol. The van der Waals surface area contributed by atoms with Crippen LogP contribution < -0.4 is 4.74 Å². The number of rotatable bonds is 4. The molecule has 6 heteroatoms. The van der Waals surface area contributed by atoms with Crippen LogP contribution in [-0.4, -0.2) is 17.0 Å². The molecular formula is C16H12N2O4. The van der Waals surface area contributed by atoms with E-state index in [0.717, 1.165) is 16.9 Å². The normalized spacial score (nSPS) is 10.4. The number of oxazole rings is 1. The highest BCUT2D eigenvalue weighted by atomic mass is 16.6. The number of benzene rings is 2. The van der Waals surface area contributed by atoms with Gasteiger partial charge in [-0.3, -0.25) is 10.1 Å². The van der Waals surface area contributed by atoms with Crippen LogP contribution in [0.4, 0.5) is 5.69 Å². The van der Waals surface area contributed by atoms with Gasteiger partial charge in [0.05, 0.1) is 18.2 Å². The number of nitro benzene ring substituents is 1. The van der Waals surface area contributed by atoms with Crippen molar-refractivity contribution in [2.75, 3.05) is 7.11 Å². The van der Waals surface area contributed by atoms with Crippen LogP contribution in [0.3, 0.4) is 0 Å². The molecule has 3 rings (SSSR count). The minimum absolute atomic E-state index is 0.0404. The number of aromatic nitrogens is 1. The lowest BCUT2D eigenvalue weighted by Crippen LogP contribution is -1.86. The van der Waals surface area contributed by atoms with Gasteiger partial charge in [-0.05, 0) is 36.4 Å². The average Bonchev–Trinajstić information content (AvgIpc) is 3.05. The molecule has 22 heavy (non-hydrogen) atoms. The second-order valence-corrected chi connectivity index (χ2v) is 4.56. The lowest BCUT2D eigenvalue weighted by molar-refractivity contribution is -0.384. The molecule has 110 valence electrons. The highest BCUT2D eigenvalue weighted by Crippen LogP contribution is 2.28. The van der Waals surface area contributed by atoms with Crippen molar-refractivity contribution >= 4 is 5.69 Å². The maximum absolute atomic E-state index is 10.6. The number of hydrogen-bond donors (Lipinski definition) is 0. The van der Waals surface area contributed by atoms with Gasteiger partial charge < -0.3 is 9.15 Å². The fourth-order valence-electron chi connectivity index (χ4n) is 2.02. The predicted octanol–water partition coefficient (Wildman–Crippen LogP) is 3.93. The summed E-state index contributed by atoms with van der Waals surface area (Å²) in [6.07, 6.45) is 1.60. The first-order valence-electron chi connectivity index (χ1n) is 6.52. The van der Waals surface area contributed by atoms with Gasteiger partial charge >= 0.3 is 0 Å². The maximum Gasteiger partial charge on any atom is 0.269 e. The lowest BCUT2D eigenvalue weighted by Gasteiger charge is -2.00. The molecule has 0 fully saturated rings. The molecule has 0 saturated carbocycles. The second-order valence-electron chi connectivity index (χ2n) is 4.56. The number of ether oxygens (including phenoxy) is 1. The molecule has 0 aliphatic heterocycles. The summed E-state index contributed by atoms with van der Waals surface area (Å²) in [6.45, 7) is 0. The van der Waals surface area contributed by atoms with E-state index in [4.69, 9.17) is 9.15 Å². The SMILES string of the molecule is COc1ccc(-c2ncc(-c3ccc([N+](=O)[O-])cc3)o2)cc1. The first-order chi connectivity index (χ1) is 10.7. The highest BCUT2D eigenvalue weighted by molar-refractivity contribution is 5.62. The Morgan fingerprint density at radius 2 is 1.68 bits per heavy atom. The Labute approximate surface area is 126 Å². The Morgan fingerprint density at radius 3 is 2.27 bits per heavy atom. The van der Waals surface area contributed by atoms with Crippen LogP contribution in [0.2, 0.25) is 0 Å². The van der Waals surface area contributed by atoms with Gasteiger partial charge in [0, 0.05) is 23.3 Å². The molecule has 1 aromatic heterocycles. The van der Waals surface area contributed by atoms with Crippen LogP contribution in [0, 0.1) is 10.1 Å². The number of methoxy groups -OCH3 is 1. The molecule has 6 nitrogen and oxygen atoms in total. The number of nitro groups is 1. The fourth-order valence-corrected chi connectivity index (χ4v) is 2.02. The van der Waals surface area contributed by atoms with Crippen molar-refractivity contribution in [2.45, 2.75) is 0 Å². The maximum atomic E-state index is 10.6. The van der Waals surface area contributed by atoms with Gasteiger partial charge in [-0.15, -0.1) is 0 Å². The topological polar surface area (TPSA) is 78.4 Å². The van der Waals surface area contributed by atoms with Crippen molar-refractivity contribution in [3.05, 3.63) is 64.8 Å². The summed E-state index contributed by atoms with van der Waals surface area (Å²) in [5, 5.41) is 10.6. The van der Waals surface area contributed by atoms with Gasteiger partial charge in [0.2, 0.25) is 5.89 Å². The number of hydrogen-bond acceptors (Lipinski definition) is 5. The summed E-state index contributed by atoms with van der Waals surface area (Å²) in [5.74, 6) is 1.79. The summed E-state index contributed by atoms with van der Waals surface area (Å²) >= 11 is 0. The molecule has 0 N–H and O–H groups in total. The molecule has 2 aromatic carbocycles. The third-order valence-corrected chi connectivity index (χ3v) is 3.21. The zero-order valence-corrected chi connectivity index (χ0v) is 11.7. The summed E-state index contributed by atoms with van der Waals surface area (Å²) in [7, 11) is 1.60. The second kappa shape index (κ2) is 5.69. The fraction of sp³-hybridized carbons (Fsp3) is 0.0625. The Balaban J connectivity index is 1.87. The van der Waals surface area contributed by atoms with Gasteiger partial charge in [0.25, 0.3) is 5.69 Å². The average molecular weight is 296 g/mol. The summed E-state index contributed by atoms with van der Waals surface area (Å²) in [6, 6.07) is 13.5. The third kappa shape index (κ3) is 2.67. The largest absolute Gasteiger partial charge is 0.497 e. The van der Waals surface area contributed by atoms with E-state index in [1.807, 2.05) is 24.3 Å². The van der Waals surface area contributed by atoms with Crippen LogP contribution in [0.25, 0.3) is 22.8 Å². The zero-order valence-electron chi connectivity index (χ0n) is 11.7. The van der Waals surface area contributed by atoms with E-state index in [1.165, 1.54) is 12.1 Å². The Hall–Kier alpha value is -3.15. The van der Waals surface area contributed by atoms with Crippen LogP contribution in [-0.2, 0) is 0 Å². The lowest BCUT2D eigenvalue weighted by atomic mass is 10.2. The van der Waals surface area contributed by atoms with Gasteiger partial charge in [0.15, 0.2) is 5.76 Å². The molecule has 0 atom stereocenters. The standard InChI is InChI=1S/C16H12N2O4/c1-21-14-8-4-12(5-9-14)16-17-10-15(22-16)11-2-6-13(7-3-11)18(19)20/h2-10H,1H3. The van der Waals surface area contributed by atoms with E-state index >= 15 is 0 Å². The zero-order chi connectivity index (χ0) is 15.5. The van der Waals surface area contributed by atoms with Gasteiger partial charge in [-0.25, -0.2) is 4.98 Å². The molecule has 0 amide bonds. The van der Waals surface area contributed by atoms with Gasteiger partial charge in [-0.1, -0.05) is 0 Å². The Kier molecular flexibility index (Phi) is 3.57. The molecule has 0 unspecified atom stereocenters. The minimum Gasteiger partial charge on any atom is -0.497 e. The van der Waals surface area contributed by atoms with Crippen molar-refractivity contribution in [1.82, 2.24) is 4.98 Å². The predicted molar refractivity (Wildman–Crippen MR) is 80.6 cm³/mol. The van der Waals surface area contributed by atoms with E-state index in [-0.39, 0.29) is 5.69 Å². The molecule has 0 bridgehead atoms. The molecule has 0 saturated heterocycles. The van der Waals surface area contributed by atoms with Gasteiger partial charge in [0.1, 0.15) is 5.75 Å². The van der Waals surface area contributed by atoms with E-state index in [2.05, 4.69) is 4.98 Å². The van der Waals surface area contributed by atoms with Crippen LogP contribution >= 0.6 is 0 Å². The molecule has 0 aliphatic carbocycles. The molecule has 1 heterocycles. The van der Waals surface area contributed by atoms with Crippen molar-refractivity contribution < 1.29 is 14.1 Å². The van der Waals surface area contributed by atoms with E-state index in [1.54, 1.807) is 25.4 Å². The number of nitrogens with zero attached hydrogens (tertiary/aromatic N) is 2. The van der Waals surface area contributed by atoms with E-state index in [0.29, 0.717) is 11.7 Å². The molecular weight excluding hydrogens is 284 g/mol. The first kappa shape index (κ1) is 13.8. The smallest absolute Gasteiger partial charge is 0.269 e. The highest BCUT2D eigenvalue weighted by Gasteiger charge is 2.10. The van der Waals surface area contributed by atoms with Crippen molar-refractivity contribution in [3.63, 3.8) is 0 Å². The summed E-state index contributed by atoms with van der Waals surface area (Å²) in [5.41, 5.74) is 1.60. The Bertz CT molecular complexity index is 792. The minimum atomic E-state index is -0.438. The van der Waals surface area contributed by atoms with Gasteiger partial charge in [-0.2, -0.15) is 0 Å². The summed E-state index contributed by atoms with van der Waals surface area (Å²) < 4.78 is 10.8. The molecule has 3 aromatic rings. The third-order valence-electron chi connectivity index (χ3n) is 3.21. The molecule has 0 radical (unpaired) electrons. The van der Waals surface area contributed by atoms with Crippen molar-refractivity contribution in [2.24, 2.45) is 0 Å². The van der Waals surface area contributed by atoms with Crippen LogP contribution in [0.15, 0.2) is 59.1 Å². The number of non-ortho nitro benzene ring substituents is 1. The van der Waals surface area contributed by atoms with Crippen molar-refractivity contribution in [3.8, 4) is 28.5 Å². The van der Waals surface area contributed by atoms with Crippen LogP contribution in [0.5, 0.6) is 5.75 Å². The van der Waals surface area contributed by atoms with E-state index < -0.39 is 4.92 Å². The Morgan fingerprint density at radius 1 is 1.05 bits per heavy atom. The quantitative estimate of drug-likeness (QED) is 0.538. The van der Waals surface area contributed by atoms with Crippen LogP contribution in [0.1, 0.15) is 0 Å². The molecule has 0 aliphatic rings. The summed E-state index contributed by atoms with van der Waals surface area (Å²) in [4.78, 5) is 14.4. The first-order valence-corrected chi connectivity index (χ1v) is 6.52. The molecule has 0 spiro atoms. The van der Waals surface area contributed by atoms with Crippen molar-refractivity contribution in [1.29, 1.82) is 0 Å². The van der Waals surface area contributed by atoms with E-state index in [9.17, 15) is 10.1 Å².